The Morgan fingerprint density at radius 3 is 2.68 bits per heavy atom. The monoisotopic (exact) mass is 439 g/mol. The first-order chi connectivity index (χ1) is 15.1. The number of urea groups is 1. The second-order valence-corrected chi connectivity index (χ2v) is 8.97. The Hall–Kier alpha value is -2.68. The second-order valence-electron chi connectivity index (χ2n) is 7.85. The van der Waals surface area contributed by atoms with Crippen molar-refractivity contribution >= 4 is 33.3 Å². The lowest BCUT2D eigenvalue weighted by molar-refractivity contribution is 0.134. The number of thiazole rings is 1. The van der Waals surface area contributed by atoms with E-state index in [0.29, 0.717) is 24.6 Å². The van der Waals surface area contributed by atoms with E-state index in [1.54, 1.807) is 23.3 Å². The van der Waals surface area contributed by atoms with Crippen LogP contribution in [0.4, 0.5) is 10.5 Å². The maximum atomic E-state index is 12.8. The Labute approximate surface area is 187 Å². The maximum Gasteiger partial charge on any atom is 0.322 e. The van der Waals surface area contributed by atoms with Gasteiger partial charge in [0.15, 0.2) is 0 Å². The fraction of sp³-hybridized carbons (Fsp3) is 0.391. The van der Waals surface area contributed by atoms with Crippen LogP contribution < -0.4 is 10.1 Å². The molecule has 164 valence electrons. The third-order valence-electron chi connectivity index (χ3n) is 5.45. The van der Waals surface area contributed by atoms with Crippen LogP contribution in [0.15, 0.2) is 48.5 Å². The van der Waals surface area contributed by atoms with Gasteiger partial charge in [-0.25, -0.2) is 9.78 Å². The zero-order valence-electron chi connectivity index (χ0n) is 18.1. The standard InChI is InChI=1S/C23H29N5O2S/c1-26-11-13-28(14-12-26)15-16-30-20-9-5-3-7-18(20)25-23(29)27(2)17-22-24-19-8-4-6-10-21(19)31-22/h3-10H,11-17H2,1-2H3,(H,25,29). The Kier molecular flexibility index (Phi) is 7.01. The van der Waals surface area contributed by atoms with Crippen LogP contribution in [0.2, 0.25) is 0 Å². The Morgan fingerprint density at radius 1 is 1.13 bits per heavy atom. The number of benzene rings is 2. The Morgan fingerprint density at radius 2 is 1.87 bits per heavy atom. The summed E-state index contributed by atoms with van der Waals surface area (Å²) in [5.74, 6) is 0.693. The molecule has 3 aromatic rings. The molecule has 0 unspecified atom stereocenters. The van der Waals surface area contributed by atoms with Gasteiger partial charge in [-0.2, -0.15) is 0 Å². The molecule has 0 saturated carbocycles. The minimum absolute atomic E-state index is 0.186. The van der Waals surface area contributed by atoms with Gasteiger partial charge in [0.25, 0.3) is 0 Å². The molecule has 1 fully saturated rings. The quantitative estimate of drug-likeness (QED) is 0.610. The normalized spacial score (nSPS) is 15.2. The van der Waals surface area contributed by atoms with Crippen LogP contribution in [0.1, 0.15) is 5.01 Å². The van der Waals surface area contributed by atoms with Crippen molar-refractivity contribution in [1.29, 1.82) is 0 Å². The Bertz CT molecular complexity index is 983. The lowest BCUT2D eigenvalue weighted by atomic mass is 10.3. The molecule has 1 N–H and O–H groups in total. The van der Waals surface area contributed by atoms with Crippen molar-refractivity contribution in [2.75, 3.05) is 58.7 Å². The van der Waals surface area contributed by atoms with Gasteiger partial charge in [-0.05, 0) is 31.3 Å². The predicted molar refractivity (Wildman–Crippen MR) is 126 cm³/mol. The maximum absolute atomic E-state index is 12.8. The molecule has 8 heteroatoms. The molecule has 2 amide bonds. The number of amides is 2. The predicted octanol–water partition coefficient (Wildman–Crippen LogP) is 3.59. The Balaban J connectivity index is 1.31. The first kappa shape index (κ1) is 21.5. The summed E-state index contributed by atoms with van der Waals surface area (Å²) in [7, 11) is 3.93. The van der Waals surface area contributed by atoms with Gasteiger partial charge < -0.3 is 19.9 Å². The van der Waals surface area contributed by atoms with Crippen molar-refractivity contribution in [3.8, 4) is 5.75 Å². The number of rotatable bonds is 7. The molecule has 0 atom stereocenters. The van der Waals surface area contributed by atoms with E-state index in [0.717, 1.165) is 47.9 Å². The highest BCUT2D eigenvalue weighted by Gasteiger charge is 2.16. The topological polar surface area (TPSA) is 60.9 Å². The van der Waals surface area contributed by atoms with Crippen LogP contribution in [-0.2, 0) is 6.54 Å². The van der Waals surface area contributed by atoms with E-state index < -0.39 is 0 Å². The summed E-state index contributed by atoms with van der Waals surface area (Å²) in [6, 6.07) is 15.4. The molecule has 4 rings (SSSR count). The highest BCUT2D eigenvalue weighted by Crippen LogP contribution is 2.25. The minimum atomic E-state index is -0.186. The SMILES string of the molecule is CN1CCN(CCOc2ccccc2NC(=O)N(C)Cc2nc3ccccc3s2)CC1. The largest absolute Gasteiger partial charge is 0.490 e. The number of piperazine rings is 1. The average molecular weight is 440 g/mol. The number of hydrogen-bond acceptors (Lipinski definition) is 6. The molecule has 1 saturated heterocycles. The molecule has 1 aliphatic heterocycles. The lowest BCUT2D eigenvalue weighted by Crippen LogP contribution is -2.45. The van der Waals surface area contributed by atoms with E-state index >= 15 is 0 Å². The first-order valence-electron chi connectivity index (χ1n) is 10.6. The number of nitrogens with one attached hydrogen (secondary N) is 1. The number of fused-ring (bicyclic) bond motifs is 1. The van der Waals surface area contributed by atoms with E-state index in [4.69, 9.17) is 4.74 Å². The second kappa shape index (κ2) is 10.1. The van der Waals surface area contributed by atoms with Gasteiger partial charge in [-0.1, -0.05) is 24.3 Å². The van der Waals surface area contributed by atoms with Crippen molar-refractivity contribution in [1.82, 2.24) is 19.7 Å². The van der Waals surface area contributed by atoms with Crippen molar-refractivity contribution < 1.29 is 9.53 Å². The van der Waals surface area contributed by atoms with Gasteiger partial charge in [0, 0.05) is 39.8 Å². The molecule has 0 bridgehead atoms. The van der Waals surface area contributed by atoms with Crippen molar-refractivity contribution in [2.24, 2.45) is 0 Å². The number of ether oxygens (including phenoxy) is 1. The van der Waals surface area contributed by atoms with E-state index in [-0.39, 0.29) is 6.03 Å². The highest BCUT2D eigenvalue weighted by molar-refractivity contribution is 7.18. The summed E-state index contributed by atoms with van der Waals surface area (Å²) in [5.41, 5.74) is 1.65. The zero-order valence-corrected chi connectivity index (χ0v) is 18.9. The fourth-order valence-electron chi connectivity index (χ4n) is 3.52. The summed E-state index contributed by atoms with van der Waals surface area (Å²) >= 11 is 1.61. The summed E-state index contributed by atoms with van der Waals surface area (Å²) in [4.78, 5) is 23.8. The molecule has 7 nitrogen and oxygen atoms in total. The van der Waals surface area contributed by atoms with E-state index in [2.05, 4.69) is 27.1 Å². The third-order valence-corrected chi connectivity index (χ3v) is 6.47. The third kappa shape index (κ3) is 5.72. The number of nitrogens with zero attached hydrogens (tertiary/aromatic N) is 4. The van der Waals surface area contributed by atoms with Crippen LogP contribution in [0, 0.1) is 0 Å². The van der Waals surface area contributed by atoms with E-state index in [1.165, 1.54) is 0 Å². The van der Waals surface area contributed by atoms with Gasteiger partial charge in [-0.3, -0.25) is 4.90 Å². The summed E-state index contributed by atoms with van der Waals surface area (Å²) in [6.45, 7) is 6.24. The number of likely N-dealkylation sites (N-methyl/N-ethyl adjacent to an activating group) is 1. The number of para-hydroxylation sites is 3. The van der Waals surface area contributed by atoms with Gasteiger partial charge in [-0.15, -0.1) is 11.3 Å². The van der Waals surface area contributed by atoms with Crippen LogP contribution in [0.3, 0.4) is 0 Å². The summed E-state index contributed by atoms with van der Waals surface area (Å²) in [5, 5.41) is 3.89. The number of anilines is 1. The molecular formula is C23H29N5O2S. The van der Waals surface area contributed by atoms with Gasteiger partial charge in [0.1, 0.15) is 17.4 Å². The van der Waals surface area contributed by atoms with Crippen molar-refractivity contribution in [3.63, 3.8) is 0 Å². The molecule has 1 aromatic heterocycles. The lowest BCUT2D eigenvalue weighted by Gasteiger charge is -2.32. The van der Waals surface area contributed by atoms with Gasteiger partial charge in [0.2, 0.25) is 0 Å². The number of aromatic nitrogens is 1. The minimum Gasteiger partial charge on any atom is -0.490 e. The van der Waals surface area contributed by atoms with E-state index in [1.807, 2.05) is 48.5 Å². The smallest absolute Gasteiger partial charge is 0.322 e. The van der Waals surface area contributed by atoms with Crippen LogP contribution in [0.25, 0.3) is 10.2 Å². The molecular weight excluding hydrogens is 410 g/mol. The van der Waals surface area contributed by atoms with Crippen molar-refractivity contribution in [3.05, 3.63) is 53.5 Å². The van der Waals surface area contributed by atoms with Crippen LogP contribution >= 0.6 is 11.3 Å². The molecule has 2 heterocycles. The zero-order chi connectivity index (χ0) is 21.6. The molecule has 0 spiro atoms. The van der Waals surface area contributed by atoms with E-state index in [9.17, 15) is 4.79 Å². The molecule has 0 aliphatic carbocycles. The van der Waals surface area contributed by atoms with Crippen LogP contribution in [0.5, 0.6) is 5.75 Å². The van der Waals surface area contributed by atoms with Crippen molar-refractivity contribution in [2.45, 2.75) is 6.54 Å². The molecule has 31 heavy (non-hydrogen) atoms. The average Bonchev–Trinajstić information content (AvgIpc) is 3.18. The number of carbonyl (C=O) groups excluding carboxylic acids is 1. The number of hydrogen-bond donors (Lipinski definition) is 1. The number of carbonyl (C=O) groups is 1. The summed E-state index contributed by atoms with van der Waals surface area (Å²) in [6.07, 6.45) is 0. The molecule has 2 aromatic carbocycles. The molecule has 1 aliphatic rings. The first-order valence-corrected chi connectivity index (χ1v) is 11.4. The van der Waals surface area contributed by atoms with Crippen LogP contribution in [-0.4, -0.2) is 79.1 Å². The van der Waals surface area contributed by atoms with Gasteiger partial charge in [0.05, 0.1) is 22.4 Å². The fourth-order valence-corrected chi connectivity index (χ4v) is 4.55. The highest BCUT2D eigenvalue weighted by atomic mass is 32.1. The molecule has 0 radical (unpaired) electrons. The van der Waals surface area contributed by atoms with Gasteiger partial charge >= 0.3 is 6.03 Å². The summed E-state index contributed by atoms with van der Waals surface area (Å²) < 4.78 is 7.14.